The second-order valence-corrected chi connectivity index (χ2v) is 6.81. The zero-order valence-corrected chi connectivity index (χ0v) is 16.7. The van der Waals surface area contributed by atoms with Gasteiger partial charge in [-0.3, -0.25) is 0 Å². The van der Waals surface area contributed by atoms with Gasteiger partial charge in [-0.2, -0.15) is 0 Å². The largest absolute Gasteiger partial charge is 0.516 e. The number of aromatic nitrogens is 4. The van der Waals surface area contributed by atoms with Crippen molar-refractivity contribution in [3.05, 3.63) is 29.7 Å². The maximum absolute atomic E-state index is 11.6. The van der Waals surface area contributed by atoms with Gasteiger partial charge < -0.3 is 14.2 Å². The van der Waals surface area contributed by atoms with Crippen molar-refractivity contribution in [1.29, 1.82) is 0 Å². The predicted molar refractivity (Wildman–Crippen MR) is 102 cm³/mol. The number of esters is 1. The highest BCUT2D eigenvalue weighted by Gasteiger charge is 2.11. The Morgan fingerprint density at radius 1 is 1.25 bits per heavy atom. The maximum atomic E-state index is 11.6. The van der Waals surface area contributed by atoms with Crippen LogP contribution >= 0.6 is 11.6 Å². The van der Waals surface area contributed by atoms with Gasteiger partial charge in [0, 0.05) is 23.9 Å². The highest BCUT2D eigenvalue weighted by atomic mass is 35.5. The fraction of sp³-hybridized carbons (Fsp3) is 0.389. The Labute approximate surface area is 167 Å². The highest BCUT2D eigenvalue weighted by Crippen LogP contribution is 2.23. The van der Waals surface area contributed by atoms with Crippen LogP contribution in [0.3, 0.4) is 0 Å². The fourth-order valence-corrected chi connectivity index (χ4v) is 2.10. The predicted octanol–water partition coefficient (Wildman–Crippen LogP) is 3.59. The van der Waals surface area contributed by atoms with Crippen LogP contribution in [-0.4, -0.2) is 44.6 Å². The van der Waals surface area contributed by atoms with Gasteiger partial charge in [-0.05, 0) is 25.8 Å². The van der Waals surface area contributed by atoms with Crippen LogP contribution in [0.25, 0.3) is 17.6 Å². The first-order valence-electron chi connectivity index (χ1n) is 8.55. The lowest BCUT2D eigenvalue weighted by atomic mass is 10.2. The highest BCUT2D eigenvalue weighted by molar-refractivity contribution is 6.29. The summed E-state index contributed by atoms with van der Waals surface area (Å²) in [5.41, 5.74) is 0.600. The summed E-state index contributed by atoms with van der Waals surface area (Å²) in [5.74, 6) is -0.0366. The van der Waals surface area contributed by atoms with Gasteiger partial charge >= 0.3 is 12.1 Å². The van der Waals surface area contributed by atoms with Crippen molar-refractivity contribution in [1.82, 2.24) is 19.7 Å². The molecular formula is C18H21ClN4O5. The molecule has 0 radical (unpaired) electrons. The van der Waals surface area contributed by atoms with Gasteiger partial charge in [0.2, 0.25) is 5.88 Å². The lowest BCUT2D eigenvalue weighted by molar-refractivity contribution is -0.134. The number of halogens is 1. The zero-order chi connectivity index (χ0) is 20.7. The van der Waals surface area contributed by atoms with Gasteiger partial charge in [-0.1, -0.05) is 25.4 Å². The molecule has 0 unspecified atom stereocenters. The lowest BCUT2D eigenvalue weighted by Crippen LogP contribution is -2.14. The average molecular weight is 409 g/mol. The van der Waals surface area contributed by atoms with E-state index in [0.29, 0.717) is 17.3 Å². The molecule has 0 aliphatic carbocycles. The number of carbonyl (C=O) groups excluding carboxylic acids is 2. The zero-order valence-electron chi connectivity index (χ0n) is 16.0. The Kier molecular flexibility index (Phi) is 7.51. The van der Waals surface area contributed by atoms with E-state index in [0.717, 1.165) is 6.08 Å². The fourth-order valence-electron chi connectivity index (χ4n) is 1.90. The van der Waals surface area contributed by atoms with Gasteiger partial charge in [-0.25, -0.2) is 24.2 Å². The molecule has 2 aromatic heterocycles. The lowest BCUT2D eigenvalue weighted by Gasteiger charge is -2.09. The Bertz CT molecular complexity index is 863. The number of pyridine rings is 1. The number of rotatable bonds is 7. The van der Waals surface area contributed by atoms with E-state index in [9.17, 15) is 9.59 Å². The molecule has 2 aromatic rings. The molecule has 2 heterocycles. The van der Waals surface area contributed by atoms with Gasteiger partial charge in [0.15, 0.2) is 5.82 Å². The normalized spacial score (nSPS) is 11.2. The summed E-state index contributed by atoms with van der Waals surface area (Å²) >= 11 is 6.01. The Morgan fingerprint density at radius 2 is 2.00 bits per heavy atom. The van der Waals surface area contributed by atoms with Crippen LogP contribution in [0, 0.1) is 5.92 Å². The molecule has 0 aliphatic rings. The van der Waals surface area contributed by atoms with Crippen LogP contribution < -0.4 is 4.74 Å². The summed E-state index contributed by atoms with van der Waals surface area (Å²) in [7, 11) is 0. The minimum Gasteiger partial charge on any atom is -0.475 e. The van der Waals surface area contributed by atoms with E-state index in [1.54, 1.807) is 12.1 Å². The van der Waals surface area contributed by atoms with E-state index in [1.807, 2.05) is 27.7 Å². The van der Waals surface area contributed by atoms with Crippen molar-refractivity contribution in [2.45, 2.75) is 33.8 Å². The molecule has 0 aliphatic heterocycles. The number of hydrogen-bond acceptors (Lipinski definition) is 8. The van der Waals surface area contributed by atoms with Crippen LogP contribution in [-0.2, 0) is 14.3 Å². The Hall–Kier alpha value is -2.94. The maximum Gasteiger partial charge on any atom is 0.516 e. The average Bonchev–Trinajstić information content (AvgIpc) is 3.06. The van der Waals surface area contributed by atoms with Crippen LogP contribution in [0.15, 0.2) is 24.5 Å². The van der Waals surface area contributed by atoms with Gasteiger partial charge in [0.25, 0.3) is 0 Å². The first-order chi connectivity index (χ1) is 13.2. The molecule has 0 bridgehead atoms. The van der Waals surface area contributed by atoms with Crippen molar-refractivity contribution in [2.75, 3.05) is 6.61 Å². The molecule has 0 aromatic carbocycles. The summed E-state index contributed by atoms with van der Waals surface area (Å²) in [5, 5.41) is 4.44. The SMILES string of the molecule is CC(C)COC(=O)OC(=O)C=Cn1cnc(-c2cc(Cl)nc(OC(C)C)c2)n1. The molecule has 0 saturated carbocycles. The molecule has 28 heavy (non-hydrogen) atoms. The van der Waals surface area contributed by atoms with Crippen molar-refractivity contribution in [3.63, 3.8) is 0 Å². The van der Waals surface area contributed by atoms with Gasteiger partial charge in [-0.15, -0.1) is 5.10 Å². The quantitative estimate of drug-likeness (QED) is 0.296. The van der Waals surface area contributed by atoms with Crippen molar-refractivity contribution in [2.24, 2.45) is 5.92 Å². The topological polar surface area (TPSA) is 105 Å². The van der Waals surface area contributed by atoms with E-state index >= 15 is 0 Å². The summed E-state index contributed by atoms with van der Waals surface area (Å²) in [4.78, 5) is 31.2. The molecule has 150 valence electrons. The smallest absolute Gasteiger partial charge is 0.475 e. The van der Waals surface area contributed by atoms with Gasteiger partial charge in [0.1, 0.15) is 11.5 Å². The summed E-state index contributed by atoms with van der Waals surface area (Å²) < 4.78 is 16.1. The minimum atomic E-state index is -1.05. The monoisotopic (exact) mass is 408 g/mol. The minimum absolute atomic E-state index is 0.0643. The Balaban J connectivity index is 2.02. The molecular weight excluding hydrogens is 388 g/mol. The van der Waals surface area contributed by atoms with E-state index in [2.05, 4.69) is 19.8 Å². The Morgan fingerprint density at radius 3 is 2.68 bits per heavy atom. The third-order valence-electron chi connectivity index (χ3n) is 2.98. The van der Waals surface area contributed by atoms with E-state index in [4.69, 9.17) is 21.1 Å². The van der Waals surface area contributed by atoms with Crippen molar-refractivity contribution < 1.29 is 23.8 Å². The van der Waals surface area contributed by atoms with Crippen LogP contribution in [0.5, 0.6) is 5.88 Å². The van der Waals surface area contributed by atoms with Crippen LogP contribution in [0.4, 0.5) is 4.79 Å². The first kappa shape index (κ1) is 21.4. The van der Waals surface area contributed by atoms with Crippen molar-refractivity contribution >= 4 is 29.9 Å². The second kappa shape index (κ2) is 9.84. The molecule has 0 saturated heterocycles. The standard InChI is InChI=1S/C18H21ClN4O5/c1-11(2)9-26-18(25)28-16(24)5-6-23-10-20-17(22-23)13-7-14(19)21-15(8-13)27-12(3)4/h5-8,10-12H,9H2,1-4H3. The number of carbonyl (C=O) groups is 2. The third-order valence-corrected chi connectivity index (χ3v) is 3.17. The molecule has 2 rings (SSSR count). The molecule has 10 heteroatoms. The summed E-state index contributed by atoms with van der Waals surface area (Å²) in [6.07, 6.45) is 2.59. The molecule has 0 spiro atoms. The van der Waals surface area contributed by atoms with Crippen molar-refractivity contribution in [3.8, 4) is 17.3 Å². The molecule has 0 amide bonds. The summed E-state index contributed by atoms with van der Waals surface area (Å²) in [6, 6.07) is 3.26. The van der Waals surface area contributed by atoms with E-state index < -0.39 is 12.1 Å². The molecule has 9 nitrogen and oxygen atoms in total. The van der Waals surface area contributed by atoms with E-state index in [-0.39, 0.29) is 23.8 Å². The summed E-state index contributed by atoms with van der Waals surface area (Å²) in [6.45, 7) is 7.64. The number of ether oxygens (including phenoxy) is 3. The molecule has 0 N–H and O–H groups in total. The van der Waals surface area contributed by atoms with Crippen LogP contribution in [0.1, 0.15) is 27.7 Å². The van der Waals surface area contributed by atoms with Crippen LogP contribution in [0.2, 0.25) is 5.15 Å². The second-order valence-electron chi connectivity index (χ2n) is 6.42. The number of hydrogen-bond donors (Lipinski definition) is 0. The first-order valence-corrected chi connectivity index (χ1v) is 8.93. The molecule has 0 atom stereocenters. The number of nitrogens with zero attached hydrogens (tertiary/aromatic N) is 4. The molecule has 0 fully saturated rings. The van der Waals surface area contributed by atoms with Gasteiger partial charge in [0.05, 0.1) is 12.7 Å². The third kappa shape index (κ3) is 6.99. The van der Waals surface area contributed by atoms with E-state index in [1.165, 1.54) is 17.2 Å².